The number of alkyl halides is 1. The molecule has 1 N–H and O–H groups in total. The molecule has 2 atom stereocenters. The van der Waals surface area contributed by atoms with Gasteiger partial charge in [0.2, 0.25) is 0 Å². The Hall–Kier alpha value is -2.41. The molecule has 134 valence electrons. The molecule has 6 nitrogen and oxygen atoms in total. The van der Waals surface area contributed by atoms with E-state index in [9.17, 15) is 9.18 Å². The monoisotopic (exact) mass is 347 g/mol. The van der Waals surface area contributed by atoms with Gasteiger partial charge in [0, 0.05) is 25.2 Å². The number of halogens is 1. The lowest BCUT2D eigenvalue weighted by Gasteiger charge is -2.22. The van der Waals surface area contributed by atoms with E-state index in [0.29, 0.717) is 31.8 Å². The Labute approximate surface area is 145 Å². The summed E-state index contributed by atoms with van der Waals surface area (Å²) >= 11 is 0. The van der Waals surface area contributed by atoms with Crippen molar-refractivity contribution in [3.63, 3.8) is 0 Å². The number of ether oxygens (including phenoxy) is 1. The first-order valence-electron chi connectivity index (χ1n) is 8.35. The van der Waals surface area contributed by atoms with E-state index in [4.69, 9.17) is 9.26 Å². The van der Waals surface area contributed by atoms with E-state index in [1.54, 1.807) is 0 Å². The number of aromatic nitrogens is 1. The lowest BCUT2D eigenvalue weighted by Crippen LogP contribution is -2.39. The summed E-state index contributed by atoms with van der Waals surface area (Å²) in [4.78, 5) is 13.8. The summed E-state index contributed by atoms with van der Waals surface area (Å²) in [7, 11) is 0. The molecule has 1 amide bonds. The minimum absolute atomic E-state index is 0.0929. The van der Waals surface area contributed by atoms with Gasteiger partial charge in [-0.1, -0.05) is 35.5 Å². The van der Waals surface area contributed by atoms with Crippen molar-refractivity contribution < 1.29 is 18.4 Å². The van der Waals surface area contributed by atoms with Gasteiger partial charge in [-0.2, -0.15) is 0 Å². The Balaban J connectivity index is 1.46. The van der Waals surface area contributed by atoms with Crippen LogP contribution >= 0.6 is 0 Å². The number of aryl methyl sites for hydroxylation is 1. The fraction of sp³-hybridized carbons (Fsp3) is 0.444. The molecule has 1 fully saturated rings. The van der Waals surface area contributed by atoms with Crippen LogP contribution in [0.5, 0.6) is 0 Å². The first kappa shape index (κ1) is 17.4. The van der Waals surface area contributed by atoms with Crippen molar-refractivity contribution in [2.45, 2.75) is 38.7 Å². The van der Waals surface area contributed by atoms with Crippen LogP contribution in [0.3, 0.4) is 0 Å². The lowest BCUT2D eigenvalue weighted by atomic mass is 10.2. The third kappa shape index (κ3) is 5.03. The first-order chi connectivity index (χ1) is 12.1. The highest BCUT2D eigenvalue weighted by Gasteiger charge is 2.33. The number of carbonyl (C=O) groups is 1. The summed E-state index contributed by atoms with van der Waals surface area (Å²) in [6.07, 6.45) is -1.02. The molecule has 1 aliphatic heterocycles. The molecule has 1 aliphatic rings. The van der Waals surface area contributed by atoms with Crippen LogP contribution in [0.1, 0.15) is 23.4 Å². The number of nitrogens with one attached hydrogen (secondary N) is 1. The zero-order chi connectivity index (χ0) is 17.6. The molecule has 7 heteroatoms. The zero-order valence-corrected chi connectivity index (χ0v) is 14.2. The summed E-state index contributed by atoms with van der Waals surface area (Å²) < 4.78 is 24.2. The van der Waals surface area contributed by atoms with Gasteiger partial charge in [-0.3, -0.25) is 4.90 Å². The minimum atomic E-state index is -0.906. The van der Waals surface area contributed by atoms with Crippen molar-refractivity contribution in [1.29, 1.82) is 0 Å². The van der Waals surface area contributed by atoms with Crippen LogP contribution in [0.25, 0.3) is 0 Å². The van der Waals surface area contributed by atoms with E-state index in [1.807, 2.05) is 48.2 Å². The first-order valence-corrected chi connectivity index (χ1v) is 8.35. The summed E-state index contributed by atoms with van der Waals surface area (Å²) in [5.41, 5.74) is 1.72. The Morgan fingerprint density at radius 1 is 1.44 bits per heavy atom. The molecule has 0 radical (unpaired) electrons. The molecule has 0 spiro atoms. The number of rotatable bonds is 6. The predicted octanol–water partition coefficient (Wildman–Crippen LogP) is 2.82. The number of hydrogen-bond acceptors (Lipinski definition) is 5. The average molecular weight is 347 g/mol. The van der Waals surface area contributed by atoms with Gasteiger partial charge in [0.1, 0.15) is 12.8 Å². The van der Waals surface area contributed by atoms with Crippen LogP contribution in [0.2, 0.25) is 0 Å². The Bertz CT molecular complexity index is 692. The summed E-state index contributed by atoms with van der Waals surface area (Å²) in [5.74, 6) is 0.697. The second kappa shape index (κ2) is 8.11. The number of carbonyl (C=O) groups excluding carboxylic acids is 1. The average Bonchev–Trinajstić information content (AvgIpc) is 3.17. The van der Waals surface area contributed by atoms with Gasteiger partial charge in [0.15, 0.2) is 5.76 Å². The molecule has 0 saturated carbocycles. The van der Waals surface area contributed by atoms with Crippen LogP contribution < -0.4 is 5.32 Å². The molecule has 25 heavy (non-hydrogen) atoms. The van der Waals surface area contributed by atoms with Crippen molar-refractivity contribution in [2.24, 2.45) is 0 Å². The molecule has 0 bridgehead atoms. The van der Waals surface area contributed by atoms with Gasteiger partial charge in [-0.15, -0.1) is 0 Å². The highest BCUT2D eigenvalue weighted by Crippen LogP contribution is 2.22. The third-order valence-corrected chi connectivity index (χ3v) is 4.21. The smallest absolute Gasteiger partial charge is 0.407 e. The van der Waals surface area contributed by atoms with Crippen LogP contribution in [0.15, 0.2) is 40.9 Å². The SMILES string of the molecule is Cc1cc(CN2C[C@@H](F)C[C@H]2CNC(=O)OCc2ccccc2)on1. The maximum Gasteiger partial charge on any atom is 0.407 e. The quantitative estimate of drug-likeness (QED) is 0.870. The van der Waals surface area contributed by atoms with Crippen molar-refractivity contribution in [3.8, 4) is 0 Å². The molecular formula is C18H22FN3O3. The molecule has 0 aliphatic carbocycles. The van der Waals surface area contributed by atoms with Crippen LogP contribution in [0.4, 0.5) is 9.18 Å². The number of amides is 1. The molecule has 0 unspecified atom stereocenters. The highest BCUT2D eigenvalue weighted by atomic mass is 19.1. The lowest BCUT2D eigenvalue weighted by molar-refractivity contribution is 0.134. The second-order valence-corrected chi connectivity index (χ2v) is 6.29. The van der Waals surface area contributed by atoms with E-state index in [2.05, 4.69) is 10.5 Å². The zero-order valence-electron chi connectivity index (χ0n) is 14.2. The second-order valence-electron chi connectivity index (χ2n) is 6.29. The van der Waals surface area contributed by atoms with E-state index < -0.39 is 12.3 Å². The van der Waals surface area contributed by atoms with Crippen molar-refractivity contribution in [1.82, 2.24) is 15.4 Å². The summed E-state index contributed by atoms with van der Waals surface area (Å²) in [6, 6.07) is 11.2. The molecule has 1 aromatic heterocycles. The molecule has 2 heterocycles. The fourth-order valence-corrected chi connectivity index (χ4v) is 2.99. The van der Waals surface area contributed by atoms with E-state index >= 15 is 0 Å². The number of hydrogen-bond donors (Lipinski definition) is 1. The van der Waals surface area contributed by atoms with Crippen LogP contribution in [-0.2, 0) is 17.9 Å². The number of likely N-dealkylation sites (tertiary alicyclic amines) is 1. The number of benzene rings is 1. The highest BCUT2D eigenvalue weighted by molar-refractivity contribution is 5.67. The fourth-order valence-electron chi connectivity index (χ4n) is 2.99. The van der Waals surface area contributed by atoms with Gasteiger partial charge in [0.05, 0.1) is 12.2 Å². The van der Waals surface area contributed by atoms with Gasteiger partial charge >= 0.3 is 6.09 Å². The van der Waals surface area contributed by atoms with Crippen molar-refractivity contribution in [2.75, 3.05) is 13.1 Å². The van der Waals surface area contributed by atoms with Crippen molar-refractivity contribution >= 4 is 6.09 Å². The molecule has 2 aromatic rings. The Morgan fingerprint density at radius 3 is 2.96 bits per heavy atom. The largest absolute Gasteiger partial charge is 0.445 e. The number of alkyl carbamates (subject to hydrolysis) is 1. The van der Waals surface area contributed by atoms with Gasteiger partial charge in [0.25, 0.3) is 0 Å². The van der Waals surface area contributed by atoms with E-state index in [0.717, 1.165) is 11.3 Å². The van der Waals surface area contributed by atoms with E-state index in [-0.39, 0.29) is 12.6 Å². The van der Waals surface area contributed by atoms with Gasteiger partial charge < -0.3 is 14.6 Å². The van der Waals surface area contributed by atoms with E-state index in [1.165, 1.54) is 0 Å². The Morgan fingerprint density at radius 2 is 2.24 bits per heavy atom. The molecule has 1 saturated heterocycles. The minimum Gasteiger partial charge on any atom is -0.445 e. The number of nitrogens with zero attached hydrogens (tertiary/aromatic N) is 2. The predicted molar refractivity (Wildman–Crippen MR) is 89.6 cm³/mol. The third-order valence-electron chi connectivity index (χ3n) is 4.21. The maximum absolute atomic E-state index is 13.8. The van der Waals surface area contributed by atoms with Gasteiger partial charge in [-0.25, -0.2) is 9.18 Å². The molecule has 3 rings (SSSR count). The standard InChI is InChI=1S/C18H22FN3O3/c1-13-7-17(25-21-13)11-22-10-15(19)8-16(22)9-20-18(23)24-12-14-5-3-2-4-6-14/h2-7,15-16H,8-12H2,1H3,(H,20,23)/t15-,16-/m0/s1. The van der Waals surface area contributed by atoms with Gasteiger partial charge in [-0.05, 0) is 18.9 Å². The Kier molecular flexibility index (Phi) is 5.65. The summed E-state index contributed by atoms with van der Waals surface area (Å²) in [5, 5.41) is 6.57. The molecule has 1 aromatic carbocycles. The normalized spacial score (nSPS) is 20.6. The topological polar surface area (TPSA) is 67.6 Å². The summed E-state index contributed by atoms with van der Waals surface area (Å²) in [6.45, 7) is 3.19. The maximum atomic E-state index is 13.8. The van der Waals surface area contributed by atoms with Crippen LogP contribution in [-0.4, -0.2) is 41.5 Å². The van der Waals surface area contributed by atoms with Crippen LogP contribution in [0, 0.1) is 6.92 Å². The van der Waals surface area contributed by atoms with Crippen molar-refractivity contribution in [3.05, 3.63) is 53.4 Å². The molecular weight excluding hydrogens is 325 g/mol.